The monoisotopic (exact) mass is 642 g/mol. The summed E-state index contributed by atoms with van der Waals surface area (Å²) in [5, 5.41) is 1.96. The standard InChI is InChI=1S/C44H26N4O2/c1-3-7-27(8-4-1)29-11-13-39-37(21-29)41-43(49-39)35(15-17-47-41)33-19-31(23-45-25-33)32-20-34(26-46-24-32)36-16-18-48-42-38-22-30(28-9-5-2-6-10-28)12-14-40(38)50-44(36)42/h1-26H. The van der Waals surface area contributed by atoms with Gasteiger partial charge in [0.2, 0.25) is 0 Å². The molecule has 50 heavy (non-hydrogen) atoms. The fourth-order valence-electron chi connectivity index (χ4n) is 6.88. The number of nitrogens with zero attached hydrogens (tertiary/aromatic N) is 4. The Balaban J connectivity index is 1.04. The lowest BCUT2D eigenvalue weighted by Gasteiger charge is -2.08. The van der Waals surface area contributed by atoms with Crippen LogP contribution in [0, 0.1) is 0 Å². The van der Waals surface area contributed by atoms with Crippen LogP contribution in [0.5, 0.6) is 0 Å². The molecule has 10 rings (SSSR count). The second-order valence-electron chi connectivity index (χ2n) is 12.4. The van der Waals surface area contributed by atoms with E-state index in [1.807, 2.05) is 97.8 Å². The molecule has 0 radical (unpaired) electrons. The first-order valence-electron chi connectivity index (χ1n) is 16.4. The largest absolute Gasteiger partial charge is 0.454 e. The smallest absolute Gasteiger partial charge is 0.161 e. The van der Waals surface area contributed by atoms with Crippen molar-refractivity contribution in [3.8, 4) is 55.6 Å². The van der Waals surface area contributed by atoms with Crippen molar-refractivity contribution in [1.82, 2.24) is 19.9 Å². The van der Waals surface area contributed by atoms with Crippen molar-refractivity contribution in [2.75, 3.05) is 0 Å². The summed E-state index contributed by atoms with van der Waals surface area (Å²) < 4.78 is 12.9. The number of hydrogen-bond acceptors (Lipinski definition) is 6. The van der Waals surface area contributed by atoms with Gasteiger partial charge in [-0.2, -0.15) is 0 Å². The molecule has 10 aromatic rings. The van der Waals surface area contributed by atoms with Crippen molar-refractivity contribution in [3.05, 3.63) is 159 Å². The Labute approximate surface area is 286 Å². The highest BCUT2D eigenvalue weighted by atomic mass is 16.3. The molecule has 0 spiro atoms. The number of benzene rings is 4. The fraction of sp³-hybridized carbons (Fsp3) is 0. The summed E-state index contributed by atoms with van der Waals surface area (Å²) in [6.45, 7) is 0. The third kappa shape index (κ3) is 4.65. The number of hydrogen-bond donors (Lipinski definition) is 0. The molecule has 0 N–H and O–H groups in total. The summed E-state index contributed by atoms with van der Waals surface area (Å²) in [5.74, 6) is 0. The van der Waals surface area contributed by atoms with Crippen LogP contribution in [0.15, 0.2) is 167 Å². The molecule has 4 aromatic carbocycles. The second kappa shape index (κ2) is 11.4. The zero-order valence-corrected chi connectivity index (χ0v) is 26.6. The van der Waals surface area contributed by atoms with Crippen LogP contribution in [-0.4, -0.2) is 19.9 Å². The first-order valence-corrected chi connectivity index (χ1v) is 16.4. The number of rotatable bonds is 5. The van der Waals surface area contributed by atoms with E-state index in [0.29, 0.717) is 0 Å². The molecular weight excluding hydrogens is 617 g/mol. The van der Waals surface area contributed by atoms with Gasteiger partial charge in [0.1, 0.15) is 22.2 Å². The Kier molecular flexibility index (Phi) is 6.39. The van der Waals surface area contributed by atoms with Gasteiger partial charge in [0.15, 0.2) is 11.2 Å². The van der Waals surface area contributed by atoms with Crippen LogP contribution in [0.2, 0.25) is 0 Å². The Morgan fingerprint density at radius 2 is 0.800 bits per heavy atom. The molecule has 6 heterocycles. The Morgan fingerprint density at radius 3 is 1.26 bits per heavy atom. The van der Waals surface area contributed by atoms with Crippen molar-refractivity contribution >= 4 is 44.1 Å². The maximum absolute atomic E-state index is 6.43. The molecule has 0 atom stereocenters. The lowest BCUT2D eigenvalue weighted by Crippen LogP contribution is -1.88. The van der Waals surface area contributed by atoms with Gasteiger partial charge >= 0.3 is 0 Å². The lowest BCUT2D eigenvalue weighted by molar-refractivity contribution is 0.669. The summed E-state index contributed by atoms with van der Waals surface area (Å²) in [4.78, 5) is 18.8. The molecule has 0 amide bonds. The molecular formula is C44H26N4O2. The Bertz CT molecular complexity index is 2680. The van der Waals surface area contributed by atoms with E-state index in [4.69, 9.17) is 18.8 Å². The highest BCUT2D eigenvalue weighted by Gasteiger charge is 2.17. The van der Waals surface area contributed by atoms with Crippen molar-refractivity contribution in [2.24, 2.45) is 0 Å². The minimum absolute atomic E-state index is 0.734. The molecule has 0 aliphatic carbocycles. The molecule has 0 aliphatic heterocycles. The predicted octanol–water partition coefficient (Wildman–Crippen LogP) is 11.4. The maximum Gasteiger partial charge on any atom is 0.161 e. The average molecular weight is 643 g/mol. The van der Waals surface area contributed by atoms with Gasteiger partial charge in [0, 0.05) is 81.3 Å². The van der Waals surface area contributed by atoms with Crippen LogP contribution >= 0.6 is 0 Å². The zero-order valence-electron chi connectivity index (χ0n) is 26.6. The molecule has 0 fully saturated rings. The van der Waals surface area contributed by atoms with Crippen molar-refractivity contribution < 1.29 is 8.83 Å². The van der Waals surface area contributed by atoms with Crippen molar-refractivity contribution in [1.29, 1.82) is 0 Å². The van der Waals surface area contributed by atoms with E-state index in [9.17, 15) is 0 Å². The normalized spacial score (nSPS) is 11.6. The SMILES string of the molecule is c1ccc(-c2ccc3oc4c(-c5cncc(-c6cncc(-c7ccnc8c7oc7ccc(-c9ccccc9)cc78)c6)c5)ccnc4c3c2)cc1. The molecule has 0 unspecified atom stereocenters. The van der Waals surface area contributed by atoms with Crippen LogP contribution in [0.1, 0.15) is 0 Å². The summed E-state index contributed by atoms with van der Waals surface area (Å²) in [7, 11) is 0. The average Bonchev–Trinajstić information content (AvgIpc) is 3.76. The van der Waals surface area contributed by atoms with E-state index in [1.165, 1.54) is 0 Å². The number of pyridine rings is 4. The molecule has 0 saturated carbocycles. The highest BCUT2D eigenvalue weighted by Crippen LogP contribution is 2.39. The van der Waals surface area contributed by atoms with Gasteiger partial charge in [-0.3, -0.25) is 19.9 Å². The second-order valence-corrected chi connectivity index (χ2v) is 12.4. The molecule has 0 aliphatic rings. The quantitative estimate of drug-likeness (QED) is 0.186. The van der Waals surface area contributed by atoms with Gasteiger partial charge in [-0.15, -0.1) is 0 Å². The van der Waals surface area contributed by atoms with Crippen LogP contribution in [0.25, 0.3) is 99.8 Å². The third-order valence-electron chi connectivity index (χ3n) is 9.35. The minimum atomic E-state index is 0.734. The maximum atomic E-state index is 6.43. The number of aromatic nitrogens is 4. The first kappa shape index (κ1) is 28.1. The van der Waals surface area contributed by atoms with E-state index in [1.54, 1.807) is 0 Å². The summed E-state index contributed by atoms with van der Waals surface area (Å²) in [5.41, 5.74) is 14.9. The van der Waals surface area contributed by atoms with Gasteiger partial charge in [0.05, 0.1) is 0 Å². The molecule has 6 nitrogen and oxygen atoms in total. The summed E-state index contributed by atoms with van der Waals surface area (Å²) in [6, 6.07) is 41.4. The van der Waals surface area contributed by atoms with E-state index >= 15 is 0 Å². The molecule has 0 saturated heterocycles. The van der Waals surface area contributed by atoms with E-state index in [-0.39, 0.29) is 0 Å². The van der Waals surface area contributed by atoms with Gasteiger partial charge in [-0.1, -0.05) is 72.8 Å². The molecule has 6 heteroatoms. The van der Waals surface area contributed by atoms with Crippen LogP contribution in [-0.2, 0) is 0 Å². The van der Waals surface area contributed by atoms with E-state index < -0.39 is 0 Å². The first-order chi connectivity index (χ1) is 24.8. The van der Waals surface area contributed by atoms with Gasteiger partial charge in [-0.25, -0.2) is 0 Å². The van der Waals surface area contributed by atoms with Crippen LogP contribution < -0.4 is 0 Å². The zero-order chi connectivity index (χ0) is 33.0. The van der Waals surface area contributed by atoms with E-state index in [0.717, 1.165) is 99.8 Å². The van der Waals surface area contributed by atoms with Gasteiger partial charge in [0.25, 0.3) is 0 Å². The van der Waals surface area contributed by atoms with Crippen molar-refractivity contribution in [2.45, 2.75) is 0 Å². The molecule has 6 aromatic heterocycles. The molecule has 0 bridgehead atoms. The topological polar surface area (TPSA) is 77.8 Å². The third-order valence-corrected chi connectivity index (χ3v) is 9.35. The minimum Gasteiger partial charge on any atom is -0.454 e. The Hall–Kier alpha value is -6.92. The Morgan fingerprint density at radius 1 is 0.360 bits per heavy atom. The van der Waals surface area contributed by atoms with Gasteiger partial charge < -0.3 is 8.83 Å². The summed E-state index contributed by atoms with van der Waals surface area (Å²) in [6.07, 6.45) is 11.1. The van der Waals surface area contributed by atoms with Crippen molar-refractivity contribution in [3.63, 3.8) is 0 Å². The predicted molar refractivity (Wildman–Crippen MR) is 199 cm³/mol. The summed E-state index contributed by atoms with van der Waals surface area (Å²) >= 11 is 0. The van der Waals surface area contributed by atoms with E-state index in [2.05, 4.69) is 70.6 Å². The fourth-order valence-corrected chi connectivity index (χ4v) is 6.88. The van der Waals surface area contributed by atoms with Crippen LogP contribution in [0.4, 0.5) is 0 Å². The number of furan rings is 2. The highest BCUT2D eigenvalue weighted by molar-refractivity contribution is 6.09. The van der Waals surface area contributed by atoms with Gasteiger partial charge in [-0.05, 0) is 70.8 Å². The molecule has 234 valence electrons. The number of fused-ring (bicyclic) bond motifs is 6. The van der Waals surface area contributed by atoms with Crippen LogP contribution in [0.3, 0.4) is 0 Å². The lowest BCUT2D eigenvalue weighted by atomic mass is 9.99.